The number of halogens is 1. The Labute approximate surface area is 179 Å². The summed E-state index contributed by atoms with van der Waals surface area (Å²) in [7, 11) is 0. The van der Waals surface area contributed by atoms with Crippen molar-refractivity contribution in [2.75, 3.05) is 0 Å². The normalized spacial score (nSPS) is 11.8. The first kappa shape index (κ1) is 21.1. The summed E-state index contributed by atoms with van der Waals surface area (Å²) in [6, 6.07) is 17.4. The van der Waals surface area contributed by atoms with Crippen molar-refractivity contribution in [3.63, 3.8) is 0 Å². The van der Waals surface area contributed by atoms with E-state index in [0.717, 1.165) is 26.9 Å². The molecule has 0 aliphatic carbocycles. The molecule has 1 heterocycles. The quantitative estimate of drug-likeness (QED) is 0.482. The third-order valence-electron chi connectivity index (χ3n) is 4.31. The maximum Gasteiger partial charge on any atom is 0.261 e. The Morgan fingerprint density at radius 3 is 2.69 bits per heavy atom. The minimum Gasteiger partial charge on any atom is -0.480 e. The van der Waals surface area contributed by atoms with Gasteiger partial charge in [0.15, 0.2) is 6.10 Å². The number of hydrogen-bond acceptors (Lipinski definition) is 4. The molecule has 1 N–H and O–H groups in total. The highest BCUT2D eigenvalue weighted by Gasteiger charge is 2.15. The van der Waals surface area contributed by atoms with Gasteiger partial charge < -0.3 is 19.2 Å². The van der Waals surface area contributed by atoms with Crippen LogP contribution in [0.3, 0.4) is 0 Å². The molecule has 29 heavy (non-hydrogen) atoms. The molecular weight excluding hydrogens is 434 g/mol. The Balaban J connectivity index is 1.47. The van der Waals surface area contributed by atoms with E-state index in [9.17, 15) is 4.79 Å². The second-order valence-corrected chi connectivity index (χ2v) is 7.66. The average molecular weight is 458 g/mol. The number of rotatable bonds is 9. The molecule has 2 aromatic carbocycles. The molecule has 0 spiro atoms. The number of carbonyl (C=O) groups excluding carboxylic acids is 1. The fourth-order valence-corrected chi connectivity index (χ4v) is 3.36. The van der Waals surface area contributed by atoms with Crippen molar-refractivity contribution in [2.24, 2.45) is 0 Å². The Hall–Kier alpha value is -2.57. The first-order valence-electron chi connectivity index (χ1n) is 9.40. The molecule has 0 aliphatic rings. The van der Waals surface area contributed by atoms with Crippen LogP contribution in [0.15, 0.2) is 69.8 Å². The van der Waals surface area contributed by atoms with Crippen LogP contribution in [0.4, 0.5) is 0 Å². The number of ether oxygens (including phenoxy) is 2. The van der Waals surface area contributed by atoms with Gasteiger partial charge in [-0.15, -0.1) is 0 Å². The van der Waals surface area contributed by atoms with Gasteiger partial charge in [0.05, 0.1) is 17.3 Å². The van der Waals surface area contributed by atoms with Gasteiger partial charge in [0.1, 0.15) is 18.1 Å². The monoisotopic (exact) mass is 457 g/mol. The molecule has 5 nitrogen and oxygen atoms in total. The molecular formula is C23H24BrNO4. The lowest BCUT2D eigenvalue weighted by atomic mass is 10.1. The predicted molar refractivity (Wildman–Crippen MR) is 114 cm³/mol. The summed E-state index contributed by atoms with van der Waals surface area (Å²) in [5.74, 6) is 1.27. The number of benzene rings is 2. The van der Waals surface area contributed by atoms with Crippen molar-refractivity contribution in [2.45, 2.75) is 39.7 Å². The topological polar surface area (TPSA) is 60.7 Å². The predicted octanol–water partition coefficient (Wildman–Crippen LogP) is 5.15. The number of furan rings is 1. The third kappa shape index (κ3) is 6.48. The number of aryl methyl sites for hydroxylation is 1. The zero-order valence-corrected chi connectivity index (χ0v) is 18.1. The van der Waals surface area contributed by atoms with Crippen molar-refractivity contribution in [3.05, 3.63) is 87.8 Å². The van der Waals surface area contributed by atoms with Gasteiger partial charge in [0.25, 0.3) is 5.91 Å². The van der Waals surface area contributed by atoms with E-state index in [1.807, 2.05) is 61.5 Å². The Morgan fingerprint density at radius 1 is 1.10 bits per heavy atom. The second-order valence-electron chi connectivity index (χ2n) is 6.80. The first-order chi connectivity index (χ1) is 14.0. The van der Waals surface area contributed by atoms with Crippen LogP contribution in [-0.2, 0) is 29.3 Å². The van der Waals surface area contributed by atoms with Crippen molar-refractivity contribution >= 4 is 21.8 Å². The molecule has 1 amide bonds. The Kier molecular flexibility index (Phi) is 7.49. The molecule has 0 fully saturated rings. The van der Waals surface area contributed by atoms with Crippen LogP contribution in [-0.4, -0.2) is 12.0 Å². The molecule has 0 saturated carbocycles. The van der Waals surface area contributed by atoms with Gasteiger partial charge in [-0.1, -0.05) is 30.3 Å². The number of carbonyl (C=O) groups is 1. The molecule has 152 valence electrons. The molecule has 3 rings (SSSR count). The standard InChI is InChI=1S/C23H24BrNO4/c1-16-8-9-22(21(24)11-16)29-17(2)23(26)25-13-18-5-3-6-19(12-18)14-27-15-20-7-4-10-28-20/h3-12,17H,13-15H2,1-2H3,(H,25,26). The maximum absolute atomic E-state index is 12.4. The van der Waals surface area contributed by atoms with Crippen LogP contribution in [0.5, 0.6) is 5.75 Å². The summed E-state index contributed by atoms with van der Waals surface area (Å²) >= 11 is 3.47. The van der Waals surface area contributed by atoms with Crippen LogP contribution in [0.1, 0.15) is 29.4 Å². The van der Waals surface area contributed by atoms with E-state index in [0.29, 0.717) is 25.5 Å². The van der Waals surface area contributed by atoms with Gasteiger partial charge in [-0.05, 0) is 70.7 Å². The summed E-state index contributed by atoms with van der Waals surface area (Å²) in [5.41, 5.74) is 3.16. The maximum atomic E-state index is 12.4. The highest BCUT2D eigenvalue weighted by molar-refractivity contribution is 9.10. The fourth-order valence-electron chi connectivity index (χ4n) is 2.77. The molecule has 1 atom stereocenters. The number of hydrogen-bond donors (Lipinski definition) is 1. The molecule has 0 saturated heterocycles. The van der Waals surface area contributed by atoms with Gasteiger partial charge in [-0.25, -0.2) is 0 Å². The second kappa shape index (κ2) is 10.3. The summed E-state index contributed by atoms with van der Waals surface area (Å²) in [6.45, 7) is 5.07. The minimum absolute atomic E-state index is 0.169. The van der Waals surface area contributed by atoms with Crippen molar-refractivity contribution in [1.29, 1.82) is 0 Å². The van der Waals surface area contributed by atoms with Crippen LogP contribution in [0.25, 0.3) is 0 Å². The van der Waals surface area contributed by atoms with Gasteiger partial charge in [0, 0.05) is 6.54 Å². The lowest BCUT2D eigenvalue weighted by Crippen LogP contribution is -2.36. The SMILES string of the molecule is Cc1ccc(OC(C)C(=O)NCc2cccc(COCc3ccco3)c2)c(Br)c1. The average Bonchev–Trinajstić information content (AvgIpc) is 3.22. The first-order valence-corrected chi connectivity index (χ1v) is 10.2. The van der Waals surface area contributed by atoms with E-state index in [2.05, 4.69) is 21.2 Å². The van der Waals surface area contributed by atoms with Gasteiger partial charge in [0.2, 0.25) is 0 Å². The molecule has 1 unspecified atom stereocenters. The van der Waals surface area contributed by atoms with E-state index >= 15 is 0 Å². The third-order valence-corrected chi connectivity index (χ3v) is 4.93. The molecule has 0 bridgehead atoms. The summed E-state index contributed by atoms with van der Waals surface area (Å²) in [6.07, 6.45) is 1.03. The lowest BCUT2D eigenvalue weighted by molar-refractivity contribution is -0.127. The summed E-state index contributed by atoms with van der Waals surface area (Å²) in [4.78, 5) is 12.4. The molecule has 0 aliphatic heterocycles. The fraction of sp³-hybridized carbons (Fsp3) is 0.261. The molecule has 1 aromatic heterocycles. The van der Waals surface area contributed by atoms with Crippen LogP contribution < -0.4 is 10.1 Å². The lowest BCUT2D eigenvalue weighted by Gasteiger charge is -2.16. The largest absolute Gasteiger partial charge is 0.480 e. The van der Waals surface area contributed by atoms with E-state index in [-0.39, 0.29) is 5.91 Å². The molecule has 0 radical (unpaired) electrons. The van der Waals surface area contributed by atoms with Gasteiger partial charge in [-0.2, -0.15) is 0 Å². The van der Waals surface area contributed by atoms with E-state index in [1.54, 1.807) is 13.2 Å². The highest BCUT2D eigenvalue weighted by Crippen LogP contribution is 2.26. The van der Waals surface area contributed by atoms with Crippen molar-refractivity contribution in [3.8, 4) is 5.75 Å². The van der Waals surface area contributed by atoms with Gasteiger partial charge >= 0.3 is 0 Å². The zero-order chi connectivity index (χ0) is 20.6. The van der Waals surface area contributed by atoms with E-state index in [1.165, 1.54) is 0 Å². The van der Waals surface area contributed by atoms with Crippen LogP contribution in [0, 0.1) is 6.92 Å². The Bertz CT molecular complexity index is 940. The van der Waals surface area contributed by atoms with Gasteiger partial charge in [-0.3, -0.25) is 4.79 Å². The molecule has 6 heteroatoms. The van der Waals surface area contributed by atoms with Crippen molar-refractivity contribution in [1.82, 2.24) is 5.32 Å². The summed E-state index contributed by atoms with van der Waals surface area (Å²) in [5, 5.41) is 2.92. The van der Waals surface area contributed by atoms with E-state index < -0.39 is 6.10 Å². The summed E-state index contributed by atoms with van der Waals surface area (Å²) < 4.78 is 17.5. The number of nitrogens with one attached hydrogen (secondary N) is 1. The smallest absolute Gasteiger partial charge is 0.261 e. The Morgan fingerprint density at radius 2 is 1.93 bits per heavy atom. The zero-order valence-electron chi connectivity index (χ0n) is 16.5. The minimum atomic E-state index is -0.603. The van der Waals surface area contributed by atoms with Crippen LogP contribution >= 0.6 is 15.9 Å². The number of amides is 1. The van der Waals surface area contributed by atoms with Crippen molar-refractivity contribution < 1.29 is 18.7 Å². The molecule has 3 aromatic rings. The van der Waals surface area contributed by atoms with E-state index in [4.69, 9.17) is 13.9 Å². The highest BCUT2D eigenvalue weighted by atomic mass is 79.9. The van der Waals surface area contributed by atoms with Crippen LogP contribution in [0.2, 0.25) is 0 Å².